The molecule has 0 spiro atoms. The fourth-order valence-electron chi connectivity index (χ4n) is 2.46. The van der Waals surface area contributed by atoms with Gasteiger partial charge in [0.1, 0.15) is 0 Å². The van der Waals surface area contributed by atoms with Crippen LogP contribution < -0.4 is 0 Å². The molecule has 0 aliphatic carbocycles. The fourth-order valence-corrected chi connectivity index (χ4v) is 2.46. The molecule has 0 aromatic rings. The summed E-state index contributed by atoms with van der Waals surface area (Å²) in [7, 11) is 0. The van der Waals surface area contributed by atoms with E-state index >= 15 is 0 Å². The van der Waals surface area contributed by atoms with Crippen molar-refractivity contribution >= 4 is 11.9 Å². The van der Waals surface area contributed by atoms with Gasteiger partial charge in [-0.1, -0.05) is 98.3 Å². The van der Waals surface area contributed by atoms with Gasteiger partial charge in [-0.15, -0.1) is 0 Å². The van der Waals surface area contributed by atoms with E-state index in [9.17, 15) is 9.59 Å². The molecule has 26 heavy (non-hydrogen) atoms. The van der Waals surface area contributed by atoms with E-state index in [-0.39, 0.29) is 11.9 Å². The average molecular weight is 373 g/mol. The Morgan fingerprint density at radius 3 is 1.58 bits per heavy atom. The lowest BCUT2D eigenvalue weighted by Crippen LogP contribution is -2.12. The van der Waals surface area contributed by atoms with E-state index in [4.69, 9.17) is 9.84 Å². The summed E-state index contributed by atoms with van der Waals surface area (Å²) < 4.78 is 5.14. The third-order valence-corrected chi connectivity index (χ3v) is 4.21. The second-order valence-corrected chi connectivity index (χ2v) is 7.36. The van der Waals surface area contributed by atoms with Gasteiger partial charge in [-0.05, 0) is 12.8 Å². The second kappa shape index (κ2) is 22.0. The van der Waals surface area contributed by atoms with Crippen LogP contribution in [-0.4, -0.2) is 23.7 Å². The topological polar surface area (TPSA) is 63.6 Å². The van der Waals surface area contributed by atoms with Crippen LogP contribution in [0.2, 0.25) is 0 Å². The Labute approximate surface area is 162 Å². The van der Waals surface area contributed by atoms with Gasteiger partial charge >= 0.3 is 11.9 Å². The summed E-state index contributed by atoms with van der Waals surface area (Å²) in [5, 5.41) is 8.14. The molecule has 4 nitrogen and oxygen atoms in total. The van der Waals surface area contributed by atoms with Crippen LogP contribution in [0, 0.1) is 5.92 Å². The molecule has 0 aromatic heterocycles. The highest BCUT2D eigenvalue weighted by Crippen LogP contribution is 2.10. The zero-order chi connectivity index (χ0) is 20.0. The van der Waals surface area contributed by atoms with Crippen LogP contribution in [0.15, 0.2) is 0 Å². The molecule has 0 unspecified atom stereocenters. The number of carbonyl (C=O) groups excluding carboxylic acids is 1. The summed E-state index contributed by atoms with van der Waals surface area (Å²) in [6, 6.07) is 0. The molecular weight excluding hydrogens is 328 g/mol. The molecule has 0 aromatic carbocycles. The van der Waals surface area contributed by atoms with Gasteiger partial charge in [0.2, 0.25) is 0 Å². The Morgan fingerprint density at radius 1 is 0.731 bits per heavy atom. The number of unbranched alkanes of at least 4 members (excludes halogenated alkanes) is 11. The van der Waals surface area contributed by atoms with Crippen LogP contribution in [0.4, 0.5) is 0 Å². The van der Waals surface area contributed by atoms with Crippen LogP contribution in [-0.2, 0) is 14.3 Å². The number of ether oxygens (including phenoxy) is 1. The van der Waals surface area contributed by atoms with E-state index in [0.717, 1.165) is 25.7 Å². The van der Waals surface area contributed by atoms with E-state index in [1.165, 1.54) is 57.8 Å². The lowest BCUT2D eigenvalue weighted by atomic mass is 10.1. The highest BCUT2D eigenvalue weighted by molar-refractivity contribution is 5.71. The van der Waals surface area contributed by atoms with Crippen molar-refractivity contribution < 1.29 is 19.4 Å². The van der Waals surface area contributed by atoms with Crippen molar-refractivity contribution in [3.05, 3.63) is 0 Å². The molecule has 0 heterocycles. The van der Waals surface area contributed by atoms with Gasteiger partial charge in [-0.3, -0.25) is 9.59 Å². The Kier molecular flexibility index (Phi) is 23.0. The molecule has 0 fully saturated rings. The zero-order valence-electron chi connectivity index (χ0n) is 17.9. The first-order chi connectivity index (χ1) is 12.5. The first-order valence-corrected chi connectivity index (χ1v) is 10.8. The van der Waals surface area contributed by atoms with Crippen LogP contribution in [0.3, 0.4) is 0 Å². The van der Waals surface area contributed by atoms with Crippen LogP contribution in [0.1, 0.15) is 118 Å². The van der Waals surface area contributed by atoms with E-state index in [2.05, 4.69) is 13.8 Å². The minimum absolute atomic E-state index is 0.00752. The molecular formula is C22H44O4. The molecule has 1 N–H and O–H groups in total. The smallest absolute Gasteiger partial charge is 0.308 e. The van der Waals surface area contributed by atoms with Crippen molar-refractivity contribution in [2.75, 3.05) is 6.61 Å². The predicted molar refractivity (Wildman–Crippen MR) is 109 cm³/mol. The van der Waals surface area contributed by atoms with E-state index in [1.54, 1.807) is 0 Å². The molecule has 0 saturated carbocycles. The number of aliphatic carboxylic acids is 1. The van der Waals surface area contributed by atoms with Crippen molar-refractivity contribution in [1.29, 1.82) is 0 Å². The average Bonchev–Trinajstić information content (AvgIpc) is 2.60. The maximum absolute atomic E-state index is 11.2. The summed E-state index contributed by atoms with van der Waals surface area (Å²) in [6.07, 6.45) is 16.4. The second-order valence-electron chi connectivity index (χ2n) is 7.36. The van der Waals surface area contributed by atoms with Gasteiger partial charge in [0.25, 0.3) is 0 Å². The quantitative estimate of drug-likeness (QED) is 0.240. The van der Waals surface area contributed by atoms with Crippen LogP contribution >= 0.6 is 0 Å². The molecule has 156 valence electrons. The molecule has 0 bridgehead atoms. The van der Waals surface area contributed by atoms with Crippen molar-refractivity contribution in [2.24, 2.45) is 5.92 Å². The number of hydrogen-bond donors (Lipinski definition) is 1. The largest absolute Gasteiger partial charge is 0.481 e. The number of hydrogen-bond acceptors (Lipinski definition) is 3. The molecule has 0 radical (unpaired) electrons. The standard InChI is InChI=1S/C16H32O2.C6H12O2/c1-4-5-6-7-8-9-10-11-12-13-14-18-16(17)15(2)3;1-2-3-4-5-6(7)8/h15H,4-14H2,1-3H3;2-5H2,1H3,(H,7,8). The fraction of sp³-hybridized carbons (Fsp3) is 0.909. The highest BCUT2D eigenvalue weighted by Gasteiger charge is 2.06. The summed E-state index contributed by atoms with van der Waals surface area (Å²) in [5.74, 6) is -0.738. The number of rotatable bonds is 16. The number of esters is 1. The monoisotopic (exact) mass is 372 g/mol. The summed E-state index contributed by atoms with van der Waals surface area (Å²) >= 11 is 0. The maximum Gasteiger partial charge on any atom is 0.308 e. The van der Waals surface area contributed by atoms with E-state index < -0.39 is 5.97 Å². The lowest BCUT2D eigenvalue weighted by molar-refractivity contribution is -0.147. The Morgan fingerprint density at radius 2 is 1.15 bits per heavy atom. The van der Waals surface area contributed by atoms with Crippen molar-refractivity contribution in [1.82, 2.24) is 0 Å². The van der Waals surface area contributed by atoms with Gasteiger partial charge < -0.3 is 9.84 Å². The van der Waals surface area contributed by atoms with E-state index in [1.807, 2.05) is 13.8 Å². The molecule has 0 atom stereocenters. The normalized spacial score (nSPS) is 10.3. The first kappa shape index (κ1) is 27.2. The third kappa shape index (κ3) is 25.2. The van der Waals surface area contributed by atoms with Gasteiger partial charge in [0, 0.05) is 6.42 Å². The lowest BCUT2D eigenvalue weighted by Gasteiger charge is -2.06. The summed E-state index contributed by atoms with van der Waals surface area (Å²) in [5.41, 5.74) is 0. The molecule has 0 aliphatic heterocycles. The minimum Gasteiger partial charge on any atom is -0.481 e. The number of carboxylic acids is 1. The summed E-state index contributed by atoms with van der Waals surface area (Å²) in [6.45, 7) is 8.67. The van der Waals surface area contributed by atoms with Crippen molar-refractivity contribution in [3.63, 3.8) is 0 Å². The van der Waals surface area contributed by atoms with Crippen molar-refractivity contribution in [3.8, 4) is 0 Å². The molecule has 4 heteroatoms. The van der Waals surface area contributed by atoms with Crippen LogP contribution in [0.5, 0.6) is 0 Å². The SMILES string of the molecule is CCCCCC(=O)O.CCCCCCCCCCCCOC(=O)C(C)C. The van der Waals surface area contributed by atoms with Gasteiger partial charge in [-0.25, -0.2) is 0 Å². The minimum atomic E-state index is -0.682. The third-order valence-electron chi connectivity index (χ3n) is 4.21. The van der Waals surface area contributed by atoms with Gasteiger partial charge in [-0.2, -0.15) is 0 Å². The van der Waals surface area contributed by atoms with Gasteiger partial charge in [0.05, 0.1) is 12.5 Å². The zero-order valence-corrected chi connectivity index (χ0v) is 17.9. The molecule has 0 amide bonds. The van der Waals surface area contributed by atoms with E-state index in [0.29, 0.717) is 13.0 Å². The Bertz CT molecular complexity index is 313. The first-order valence-electron chi connectivity index (χ1n) is 10.8. The molecule has 0 saturated heterocycles. The van der Waals surface area contributed by atoms with Crippen molar-refractivity contribution in [2.45, 2.75) is 118 Å². The maximum atomic E-state index is 11.2. The number of carbonyl (C=O) groups is 2. The Balaban J connectivity index is 0. The summed E-state index contributed by atoms with van der Waals surface area (Å²) in [4.78, 5) is 21.1. The van der Waals surface area contributed by atoms with Crippen LogP contribution in [0.25, 0.3) is 0 Å². The number of carboxylic acid groups (broad SMARTS) is 1. The highest BCUT2D eigenvalue weighted by atomic mass is 16.5. The molecule has 0 rings (SSSR count). The van der Waals surface area contributed by atoms with Gasteiger partial charge in [0.15, 0.2) is 0 Å². The molecule has 0 aliphatic rings. The predicted octanol–water partition coefficient (Wildman–Crippen LogP) is 6.76. The Hall–Kier alpha value is -1.06.